The van der Waals surface area contributed by atoms with Crippen LogP contribution in [0.1, 0.15) is 70.8 Å². The summed E-state index contributed by atoms with van der Waals surface area (Å²) in [6.45, 7) is 6.93. The Labute approximate surface area is 194 Å². The van der Waals surface area contributed by atoms with Gasteiger partial charge < -0.3 is 4.90 Å². The molecule has 4 aliphatic carbocycles. The van der Waals surface area contributed by atoms with E-state index in [0.29, 0.717) is 12.3 Å². The summed E-state index contributed by atoms with van der Waals surface area (Å²) in [5.41, 5.74) is 8.04. The van der Waals surface area contributed by atoms with Gasteiger partial charge in [-0.1, -0.05) is 37.3 Å². The number of ketones is 1. The molecule has 1 heterocycles. The quantitative estimate of drug-likeness (QED) is 0.626. The number of piperazine rings is 1. The number of nitrogens with zero attached hydrogens (tertiary/aromatic N) is 2. The average Bonchev–Trinajstić information content (AvgIpc) is 2.81. The van der Waals surface area contributed by atoms with Gasteiger partial charge in [-0.3, -0.25) is 9.69 Å². The van der Waals surface area contributed by atoms with E-state index in [-0.39, 0.29) is 0 Å². The molecule has 0 amide bonds. The first-order valence-corrected chi connectivity index (χ1v) is 12.8. The van der Waals surface area contributed by atoms with Gasteiger partial charge >= 0.3 is 0 Å². The summed E-state index contributed by atoms with van der Waals surface area (Å²) in [7, 11) is 2.17. The number of aryl methyl sites for hydroxylation is 5. The van der Waals surface area contributed by atoms with Crippen molar-refractivity contribution in [1.82, 2.24) is 9.80 Å². The summed E-state index contributed by atoms with van der Waals surface area (Å²) >= 11 is 0. The Balaban J connectivity index is 1.55. The smallest absolute Gasteiger partial charge is 0.177 e. The Morgan fingerprint density at radius 1 is 0.781 bits per heavy atom. The van der Waals surface area contributed by atoms with Gasteiger partial charge in [0, 0.05) is 31.7 Å². The maximum atomic E-state index is 13.5. The molecular formula is C29H40N2O. The van der Waals surface area contributed by atoms with Gasteiger partial charge in [-0.2, -0.15) is 0 Å². The molecule has 172 valence electrons. The van der Waals surface area contributed by atoms with E-state index in [9.17, 15) is 4.79 Å². The van der Waals surface area contributed by atoms with E-state index in [4.69, 9.17) is 0 Å². The van der Waals surface area contributed by atoms with Crippen molar-refractivity contribution < 1.29 is 4.79 Å². The first-order chi connectivity index (χ1) is 15.6. The molecule has 3 nitrogen and oxygen atoms in total. The fraction of sp³-hybridized carbons (Fsp3) is 0.552. The van der Waals surface area contributed by atoms with E-state index in [0.717, 1.165) is 70.3 Å². The Kier molecular flexibility index (Phi) is 8.15. The first kappa shape index (κ1) is 23.2. The van der Waals surface area contributed by atoms with Crippen molar-refractivity contribution in [3.63, 3.8) is 0 Å². The van der Waals surface area contributed by atoms with Gasteiger partial charge in [0.1, 0.15) is 0 Å². The molecule has 3 heteroatoms. The third kappa shape index (κ3) is 6.08. The van der Waals surface area contributed by atoms with Crippen LogP contribution in [0.3, 0.4) is 0 Å². The van der Waals surface area contributed by atoms with E-state index < -0.39 is 0 Å². The molecular weight excluding hydrogens is 392 g/mol. The van der Waals surface area contributed by atoms with E-state index in [2.05, 4.69) is 60.2 Å². The van der Waals surface area contributed by atoms with Gasteiger partial charge in [0.15, 0.2) is 5.78 Å². The predicted octanol–water partition coefficient (Wildman–Crippen LogP) is 5.12. The van der Waals surface area contributed by atoms with Crippen LogP contribution in [0.4, 0.5) is 0 Å². The number of hydrogen-bond acceptors (Lipinski definition) is 3. The summed E-state index contributed by atoms with van der Waals surface area (Å²) in [6, 6.07) is 13.9. The van der Waals surface area contributed by atoms with E-state index in [1.807, 2.05) is 0 Å². The standard InChI is InChI=1S/C29H40N2O/c1-3-25-20-27-11-7-5-9-24-14-12-23(13-15-24)8-4-6-10-26(25)21-28(27)29(32)22-31-18-16-30(2)17-19-31/h12-15,20-21H,3-11,16-19,22H2,1-2H3. The van der Waals surface area contributed by atoms with E-state index >= 15 is 0 Å². The number of carbonyl (C=O) groups is 1. The SMILES string of the molecule is CCc1cc2c(C(=O)CN3CCN(C)CC3)cc1CCCCc1ccc(cc1)CCCC2. The summed E-state index contributed by atoms with van der Waals surface area (Å²) in [4.78, 5) is 18.2. The summed E-state index contributed by atoms with van der Waals surface area (Å²) < 4.78 is 0. The lowest BCUT2D eigenvalue weighted by Gasteiger charge is -2.32. The minimum atomic E-state index is 0.324. The molecule has 0 atom stereocenters. The molecule has 1 saturated heterocycles. The third-order valence-corrected chi connectivity index (χ3v) is 7.42. The van der Waals surface area contributed by atoms with Gasteiger partial charge in [-0.05, 0) is 98.7 Å². The minimum absolute atomic E-state index is 0.324. The average molecular weight is 433 g/mol. The Morgan fingerprint density at radius 2 is 1.34 bits per heavy atom. The van der Waals surface area contributed by atoms with Crippen molar-refractivity contribution in [1.29, 1.82) is 0 Å². The van der Waals surface area contributed by atoms with Crippen LogP contribution in [-0.4, -0.2) is 55.4 Å². The lowest BCUT2D eigenvalue weighted by atomic mass is 9.89. The molecule has 0 unspecified atom stereocenters. The van der Waals surface area contributed by atoms with Crippen LogP contribution in [0, 0.1) is 0 Å². The number of Topliss-reactive ketones (excluding diaryl/α,β-unsaturated/α-hetero) is 1. The van der Waals surface area contributed by atoms with E-state index in [1.165, 1.54) is 47.1 Å². The molecule has 0 aromatic heterocycles. The van der Waals surface area contributed by atoms with Crippen LogP contribution in [0.15, 0.2) is 36.4 Å². The molecule has 2 aromatic carbocycles. The monoisotopic (exact) mass is 432 g/mol. The molecule has 0 saturated carbocycles. The summed E-state index contributed by atoms with van der Waals surface area (Å²) in [5.74, 6) is 0.324. The molecule has 4 bridgehead atoms. The van der Waals surface area contributed by atoms with Crippen molar-refractivity contribution in [3.05, 3.63) is 69.8 Å². The van der Waals surface area contributed by atoms with E-state index in [1.54, 1.807) is 0 Å². The maximum Gasteiger partial charge on any atom is 0.177 e. The summed E-state index contributed by atoms with van der Waals surface area (Å²) in [6.07, 6.45) is 10.1. The zero-order chi connectivity index (χ0) is 22.3. The van der Waals surface area contributed by atoms with Crippen molar-refractivity contribution in [2.75, 3.05) is 39.8 Å². The fourth-order valence-electron chi connectivity index (χ4n) is 5.22. The van der Waals surface area contributed by atoms with Gasteiger partial charge in [-0.15, -0.1) is 0 Å². The minimum Gasteiger partial charge on any atom is -0.304 e. The molecule has 1 fully saturated rings. The van der Waals surface area contributed by atoms with Crippen molar-refractivity contribution >= 4 is 5.78 Å². The number of hydrogen-bond donors (Lipinski definition) is 0. The van der Waals surface area contributed by atoms with Crippen molar-refractivity contribution in [2.45, 2.75) is 64.7 Å². The topological polar surface area (TPSA) is 23.6 Å². The Morgan fingerprint density at radius 3 is 1.94 bits per heavy atom. The lowest BCUT2D eigenvalue weighted by Crippen LogP contribution is -2.46. The first-order valence-electron chi connectivity index (χ1n) is 12.8. The third-order valence-electron chi connectivity index (χ3n) is 7.42. The second-order valence-electron chi connectivity index (χ2n) is 9.86. The number of rotatable bonds is 4. The zero-order valence-electron chi connectivity index (χ0n) is 20.2. The van der Waals surface area contributed by atoms with Gasteiger partial charge in [0.25, 0.3) is 0 Å². The number of benzene rings is 2. The van der Waals surface area contributed by atoms with Crippen LogP contribution in [0.5, 0.6) is 0 Å². The van der Waals surface area contributed by atoms with Crippen LogP contribution < -0.4 is 0 Å². The van der Waals surface area contributed by atoms with Crippen LogP contribution >= 0.6 is 0 Å². The number of likely N-dealkylation sites (N-methyl/N-ethyl adjacent to an activating group) is 1. The second-order valence-corrected chi connectivity index (χ2v) is 9.86. The highest BCUT2D eigenvalue weighted by Gasteiger charge is 2.20. The molecule has 1 aliphatic heterocycles. The van der Waals surface area contributed by atoms with Crippen LogP contribution in [-0.2, 0) is 32.1 Å². The molecule has 2 aromatic rings. The fourth-order valence-corrected chi connectivity index (χ4v) is 5.22. The summed E-state index contributed by atoms with van der Waals surface area (Å²) in [5, 5.41) is 0. The number of carbonyl (C=O) groups excluding carboxylic acids is 1. The Bertz CT molecular complexity index is 894. The van der Waals surface area contributed by atoms with Crippen molar-refractivity contribution in [2.24, 2.45) is 0 Å². The highest BCUT2D eigenvalue weighted by atomic mass is 16.1. The van der Waals surface area contributed by atoms with Crippen LogP contribution in [0.2, 0.25) is 0 Å². The van der Waals surface area contributed by atoms with Crippen molar-refractivity contribution in [3.8, 4) is 0 Å². The largest absolute Gasteiger partial charge is 0.304 e. The normalized spacial score (nSPS) is 18.8. The molecule has 7 rings (SSSR count). The maximum absolute atomic E-state index is 13.5. The van der Waals surface area contributed by atoms with Crippen LogP contribution in [0.25, 0.3) is 0 Å². The van der Waals surface area contributed by atoms with Gasteiger partial charge in [0.2, 0.25) is 0 Å². The highest BCUT2D eigenvalue weighted by Crippen LogP contribution is 2.24. The predicted molar refractivity (Wildman–Crippen MR) is 134 cm³/mol. The molecule has 0 spiro atoms. The molecule has 5 aliphatic rings. The van der Waals surface area contributed by atoms with Gasteiger partial charge in [-0.25, -0.2) is 0 Å². The van der Waals surface area contributed by atoms with Gasteiger partial charge in [0.05, 0.1) is 6.54 Å². The lowest BCUT2D eigenvalue weighted by molar-refractivity contribution is 0.0875. The zero-order valence-corrected chi connectivity index (χ0v) is 20.2. The Hall–Kier alpha value is -1.97. The molecule has 0 radical (unpaired) electrons. The molecule has 0 N–H and O–H groups in total. The molecule has 32 heavy (non-hydrogen) atoms. The second kappa shape index (κ2) is 11.2. The highest BCUT2D eigenvalue weighted by molar-refractivity contribution is 5.99.